The normalized spacial score (nSPS) is 24.7. The van der Waals surface area contributed by atoms with Gasteiger partial charge in [0.05, 0.1) is 12.6 Å². The van der Waals surface area contributed by atoms with Gasteiger partial charge in [0, 0.05) is 31.0 Å². The van der Waals surface area contributed by atoms with Crippen molar-refractivity contribution in [3.8, 4) is 6.07 Å². The van der Waals surface area contributed by atoms with Gasteiger partial charge in [-0.2, -0.15) is 5.26 Å². The van der Waals surface area contributed by atoms with Crippen LogP contribution in [0.25, 0.3) is 0 Å². The third-order valence-electron chi connectivity index (χ3n) is 4.84. The fraction of sp³-hybridized carbons (Fsp3) is 0.625. The summed E-state index contributed by atoms with van der Waals surface area (Å²) in [4.78, 5) is 14.5. The molecule has 1 aliphatic heterocycles. The molecule has 21 heavy (non-hydrogen) atoms. The van der Waals surface area contributed by atoms with E-state index in [4.69, 9.17) is 0 Å². The van der Waals surface area contributed by atoms with E-state index in [2.05, 4.69) is 46.1 Å². The van der Waals surface area contributed by atoms with Crippen molar-refractivity contribution < 1.29 is 4.79 Å². The summed E-state index contributed by atoms with van der Waals surface area (Å²) in [6.45, 7) is 6.10. The molecule has 0 saturated heterocycles. The Morgan fingerprint density at radius 1 is 1.52 bits per heavy atom. The summed E-state index contributed by atoms with van der Waals surface area (Å²) in [7, 11) is 0. The Morgan fingerprint density at radius 3 is 2.95 bits per heavy atom. The molecule has 2 heterocycles. The number of amides is 1. The first kappa shape index (κ1) is 14.2. The van der Waals surface area contributed by atoms with Gasteiger partial charge in [-0.3, -0.25) is 9.69 Å². The highest BCUT2D eigenvalue weighted by Crippen LogP contribution is 2.39. The zero-order valence-electron chi connectivity index (χ0n) is 12.7. The minimum atomic E-state index is -0.698. The summed E-state index contributed by atoms with van der Waals surface area (Å²) in [6.07, 6.45) is 4.17. The molecule has 1 N–H and O–H groups in total. The molecule has 1 saturated carbocycles. The molecule has 2 atom stereocenters. The molecule has 0 bridgehead atoms. The summed E-state index contributed by atoms with van der Waals surface area (Å²) >= 11 is 0. The maximum Gasteiger partial charge on any atom is 0.235 e. The number of nitriles is 1. The molecule has 0 spiro atoms. The number of rotatable bonds is 4. The number of hydrogen-bond donors (Lipinski definition) is 1. The van der Waals surface area contributed by atoms with Crippen molar-refractivity contribution in [3.05, 3.63) is 24.0 Å². The van der Waals surface area contributed by atoms with Crippen LogP contribution >= 0.6 is 0 Å². The van der Waals surface area contributed by atoms with E-state index in [1.165, 1.54) is 5.69 Å². The van der Waals surface area contributed by atoms with Crippen LogP contribution in [0.2, 0.25) is 0 Å². The van der Waals surface area contributed by atoms with E-state index in [9.17, 15) is 10.1 Å². The number of nitrogens with zero attached hydrogens (tertiary/aromatic N) is 3. The van der Waals surface area contributed by atoms with Gasteiger partial charge in [-0.1, -0.05) is 0 Å². The van der Waals surface area contributed by atoms with E-state index >= 15 is 0 Å². The van der Waals surface area contributed by atoms with Gasteiger partial charge in [0.15, 0.2) is 0 Å². The van der Waals surface area contributed by atoms with Crippen LogP contribution in [0.1, 0.15) is 38.4 Å². The first-order valence-electron chi connectivity index (χ1n) is 7.65. The Bertz CT molecular complexity index is 583. The van der Waals surface area contributed by atoms with Crippen molar-refractivity contribution in [1.82, 2.24) is 14.8 Å². The van der Waals surface area contributed by atoms with Gasteiger partial charge in [-0.15, -0.1) is 0 Å². The van der Waals surface area contributed by atoms with Crippen molar-refractivity contribution in [3.63, 3.8) is 0 Å². The van der Waals surface area contributed by atoms with E-state index in [1.54, 1.807) is 0 Å². The number of hydrogen-bond acceptors (Lipinski definition) is 3. The highest BCUT2D eigenvalue weighted by Gasteiger charge is 2.43. The minimum Gasteiger partial charge on any atom is -0.349 e. The summed E-state index contributed by atoms with van der Waals surface area (Å²) in [5.74, 6) is 0.278. The fourth-order valence-electron chi connectivity index (χ4n) is 3.24. The number of carbonyl (C=O) groups is 1. The van der Waals surface area contributed by atoms with Crippen LogP contribution in [-0.2, 0) is 11.3 Å². The zero-order chi connectivity index (χ0) is 15.0. The van der Waals surface area contributed by atoms with Gasteiger partial charge in [0.2, 0.25) is 5.91 Å². The lowest BCUT2D eigenvalue weighted by molar-refractivity contribution is -0.124. The lowest BCUT2D eigenvalue weighted by Gasteiger charge is -2.35. The summed E-state index contributed by atoms with van der Waals surface area (Å²) in [5, 5.41) is 12.3. The summed E-state index contributed by atoms with van der Waals surface area (Å²) in [6, 6.07) is 6.67. The highest BCUT2D eigenvalue weighted by atomic mass is 16.2. The van der Waals surface area contributed by atoms with E-state index < -0.39 is 5.54 Å². The molecule has 5 nitrogen and oxygen atoms in total. The molecule has 0 aromatic carbocycles. The second-order valence-electron chi connectivity index (χ2n) is 6.41. The number of fused-ring (bicyclic) bond motifs is 1. The van der Waals surface area contributed by atoms with Crippen molar-refractivity contribution in [1.29, 1.82) is 5.26 Å². The largest absolute Gasteiger partial charge is 0.349 e. The Labute approximate surface area is 125 Å². The maximum atomic E-state index is 12.3. The van der Waals surface area contributed by atoms with Crippen molar-refractivity contribution >= 4 is 5.91 Å². The van der Waals surface area contributed by atoms with Gasteiger partial charge in [-0.05, 0) is 44.7 Å². The van der Waals surface area contributed by atoms with E-state index in [0.29, 0.717) is 12.5 Å². The first-order valence-corrected chi connectivity index (χ1v) is 7.65. The quantitative estimate of drug-likeness (QED) is 0.916. The number of nitrogens with one attached hydrogen (secondary N) is 1. The van der Waals surface area contributed by atoms with Gasteiger partial charge >= 0.3 is 0 Å². The third-order valence-corrected chi connectivity index (χ3v) is 4.84. The van der Waals surface area contributed by atoms with Crippen LogP contribution in [0.3, 0.4) is 0 Å². The monoisotopic (exact) mass is 286 g/mol. The van der Waals surface area contributed by atoms with E-state index in [0.717, 1.165) is 25.9 Å². The molecular weight excluding hydrogens is 264 g/mol. The molecule has 1 aliphatic carbocycles. The predicted octanol–water partition coefficient (Wildman–Crippen LogP) is 1.67. The molecule has 0 unspecified atom stereocenters. The van der Waals surface area contributed by atoms with Gasteiger partial charge in [0.25, 0.3) is 0 Å². The smallest absolute Gasteiger partial charge is 0.235 e. The second kappa shape index (κ2) is 5.19. The Morgan fingerprint density at radius 2 is 2.29 bits per heavy atom. The third kappa shape index (κ3) is 2.68. The standard InChI is InChI=1S/C16H22N4O/c1-12-14-4-3-7-19(14)8-9-20(12)10-15(21)18-16(2,11-17)13-5-6-13/h3-4,7,12-13H,5-6,8-10H2,1-2H3,(H,18,21)/t12-,16+/m0/s1. The number of carbonyl (C=O) groups excluding carboxylic acids is 1. The lowest BCUT2D eigenvalue weighted by Crippen LogP contribution is -2.51. The van der Waals surface area contributed by atoms with Gasteiger partial charge in [0.1, 0.15) is 5.54 Å². The summed E-state index contributed by atoms with van der Waals surface area (Å²) < 4.78 is 2.24. The average Bonchev–Trinajstić information content (AvgIpc) is 3.21. The van der Waals surface area contributed by atoms with Crippen LogP contribution in [0.15, 0.2) is 18.3 Å². The van der Waals surface area contributed by atoms with Crippen LogP contribution in [0.5, 0.6) is 0 Å². The zero-order valence-corrected chi connectivity index (χ0v) is 12.7. The first-order chi connectivity index (χ1) is 10.0. The Kier molecular flexibility index (Phi) is 3.50. The molecule has 1 amide bonds. The molecule has 2 aliphatic rings. The SMILES string of the molecule is C[C@H]1c2cccn2CCN1CC(=O)N[C@](C)(C#N)C1CC1. The summed E-state index contributed by atoms with van der Waals surface area (Å²) in [5.41, 5.74) is 0.551. The van der Waals surface area contributed by atoms with Crippen molar-refractivity contribution in [2.45, 2.75) is 44.8 Å². The van der Waals surface area contributed by atoms with Crippen molar-refractivity contribution in [2.75, 3.05) is 13.1 Å². The maximum absolute atomic E-state index is 12.3. The lowest BCUT2D eigenvalue weighted by atomic mass is 9.98. The molecule has 5 heteroatoms. The number of aromatic nitrogens is 1. The minimum absolute atomic E-state index is 0.0437. The van der Waals surface area contributed by atoms with Crippen molar-refractivity contribution in [2.24, 2.45) is 5.92 Å². The van der Waals surface area contributed by atoms with Crippen LogP contribution in [-0.4, -0.2) is 34.0 Å². The van der Waals surface area contributed by atoms with Gasteiger partial charge in [-0.25, -0.2) is 0 Å². The van der Waals surface area contributed by atoms with Gasteiger partial charge < -0.3 is 9.88 Å². The van der Waals surface area contributed by atoms with E-state index in [1.807, 2.05) is 6.92 Å². The van der Waals surface area contributed by atoms with E-state index in [-0.39, 0.29) is 11.9 Å². The average molecular weight is 286 g/mol. The Hall–Kier alpha value is -1.80. The molecule has 0 radical (unpaired) electrons. The van der Waals surface area contributed by atoms with Crippen LogP contribution < -0.4 is 5.32 Å². The Balaban J connectivity index is 1.62. The van der Waals surface area contributed by atoms with Crippen LogP contribution in [0, 0.1) is 17.2 Å². The fourth-order valence-corrected chi connectivity index (χ4v) is 3.24. The molecule has 112 valence electrons. The molecule has 3 rings (SSSR count). The molecular formula is C16H22N4O. The topological polar surface area (TPSA) is 61.1 Å². The molecule has 1 fully saturated rings. The molecule has 1 aromatic heterocycles. The highest BCUT2D eigenvalue weighted by molar-refractivity contribution is 5.79. The predicted molar refractivity (Wildman–Crippen MR) is 79.3 cm³/mol. The second-order valence-corrected chi connectivity index (χ2v) is 6.41. The molecule has 1 aromatic rings. The van der Waals surface area contributed by atoms with Crippen LogP contribution in [0.4, 0.5) is 0 Å².